The molecule has 4 aliphatic heterocycles. The van der Waals surface area contributed by atoms with Crippen LogP contribution >= 0.6 is 0 Å². The second kappa shape index (κ2) is 5.00. The van der Waals surface area contributed by atoms with E-state index in [4.69, 9.17) is 28.4 Å². The third kappa shape index (κ3) is 2.86. The van der Waals surface area contributed by atoms with Crippen molar-refractivity contribution in [2.24, 2.45) is 0 Å². The maximum absolute atomic E-state index is 6.38. The van der Waals surface area contributed by atoms with Crippen LogP contribution in [0, 0.1) is 0 Å². The third-order valence-electron chi connectivity index (χ3n) is 4.77. The Morgan fingerprint density at radius 2 is 1.57 bits per heavy atom. The highest BCUT2D eigenvalue weighted by Crippen LogP contribution is 2.46. The number of fused-ring (bicyclic) bond motifs is 1. The van der Waals surface area contributed by atoms with Gasteiger partial charge >= 0.3 is 0 Å². The van der Waals surface area contributed by atoms with Gasteiger partial charge in [-0.3, -0.25) is 0 Å². The normalized spacial score (nSPS) is 47.8. The van der Waals surface area contributed by atoms with Crippen molar-refractivity contribution in [3.8, 4) is 0 Å². The van der Waals surface area contributed by atoms with E-state index in [-0.39, 0.29) is 24.4 Å². The molecular weight excluding hydrogens is 300 g/mol. The molecule has 5 atom stereocenters. The van der Waals surface area contributed by atoms with Gasteiger partial charge in [0.2, 0.25) is 0 Å². The van der Waals surface area contributed by atoms with Gasteiger partial charge in [-0.2, -0.15) is 0 Å². The van der Waals surface area contributed by atoms with Crippen LogP contribution in [0.1, 0.15) is 41.0 Å². The predicted octanol–water partition coefficient (Wildman–Crippen LogP) is 2.12. The summed E-state index contributed by atoms with van der Waals surface area (Å²) in [4.78, 5) is 0. The van der Waals surface area contributed by atoms with Crippen molar-refractivity contribution in [1.29, 1.82) is 0 Å². The molecule has 0 bridgehead atoms. The molecular formula is C17H26O6. The first-order valence-corrected chi connectivity index (χ1v) is 8.35. The van der Waals surface area contributed by atoms with Crippen LogP contribution in [-0.2, 0) is 28.4 Å². The molecule has 1 spiro atoms. The highest BCUT2D eigenvalue weighted by atomic mass is 16.8. The van der Waals surface area contributed by atoms with Crippen molar-refractivity contribution >= 4 is 0 Å². The third-order valence-corrected chi connectivity index (χ3v) is 4.77. The van der Waals surface area contributed by atoms with E-state index < -0.39 is 17.4 Å². The molecule has 0 N–H and O–H groups in total. The van der Waals surface area contributed by atoms with Crippen LogP contribution in [0.25, 0.3) is 0 Å². The van der Waals surface area contributed by atoms with Crippen LogP contribution in [0.15, 0.2) is 11.6 Å². The largest absolute Gasteiger partial charge is 0.348 e. The molecule has 4 heterocycles. The lowest BCUT2D eigenvalue weighted by Gasteiger charge is -2.43. The molecule has 0 radical (unpaired) electrons. The molecule has 0 aromatic carbocycles. The number of ether oxygens (including phenoxy) is 6. The lowest BCUT2D eigenvalue weighted by molar-refractivity contribution is -0.290. The van der Waals surface area contributed by atoms with Crippen LogP contribution < -0.4 is 0 Å². The van der Waals surface area contributed by atoms with Gasteiger partial charge < -0.3 is 28.4 Å². The molecule has 4 rings (SSSR count). The van der Waals surface area contributed by atoms with Gasteiger partial charge in [0.25, 0.3) is 0 Å². The first-order chi connectivity index (χ1) is 10.7. The van der Waals surface area contributed by atoms with E-state index in [0.29, 0.717) is 19.6 Å². The van der Waals surface area contributed by atoms with Crippen molar-refractivity contribution in [2.45, 2.75) is 82.8 Å². The van der Waals surface area contributed by atoms with Gasteiger partial charge in [-0.15, -0.1) is 0 Å². The second-order valence-corrected chi connectivity index (χ2v) is 7.88. The topological polar surface area (TPSA) is 55.4 Å². The zero-order valence-electron chi connectivity index (χ0n) is 14.5. The molecule has 0 aromatic rings. The van der Waals surface area contributed by atoms with Crippen molar-refractivity contribution in [2.75, 3.05) is 13.2 Å². The summed E-state index contributed by atoms with van der Waals surface area (Å²) in [6, 6.07) is 0. The van der Waals surface area contributed by atoms with Crippen LogP contribution in [0.3, 0.4) is 0 Å². The summed E-state index contributed by atoms with van der Waals surface area (Å²) >= 11 is 0. The van der Waals surface area contributed by atoms with Gasteiger partial charge in [0.05, 0.1) is 19.3 Å². The Bertz CT molecular complexity index is 527. The predicted molar refractivity (Wildman–Crippen MR) is 80.7 cm³/mol. The highest BCUT2D eigenvalue weighted by molar-refractivity contribution is 5.16. The van der Waals surface area contributed by atoms with Crippen LogP contribution in [0.4, 0.5) is 0 Å². The Balaban J connectivity index is 1.62. The smallest absolute Gasteiger partial charge is 0.191 e. The van der Waals surface area contributed by atoms with E-state index in [9.17, 15) is 0 Å². The quantitative estimate of drug-likeness (QED) is 0.688. The summed E-state index contributed by atoms with van der Waals surface area (Å²) in [7, 11) is 0. The second-order valence-electron chi connectivity index (χ2n) is 7.88. The molecule has 0 aliphatic carbocycles. The van der Waals surface area contributed by atoms with E-state index in [0.717, 1.165) is 0 Å². The standard InChI is InChI=1S/C17H26O6/c1-10-6-17(19-8-10)7-11-13(22-16(4,5)20-11)14(23-17)12-9-18-15(2,3)21-12/h6,11-14H,7-9H2,1-5H3/t11-,12-,13-,14-,17-/m1/s1. The lowest BCUT2D eigenvalue weighted by atomic mass is 9.92. The molecule has 0 saturated carbocycles. The first-order valence-electron chi connectivity index (χ1n) is 8.35. The van der Waals surface area contributed by atoms with Gasteiger partial charge in [0, 0.05) is 6.42 Å². The fraction of sp³-hybridized carbons (Fsp3) is 0.882. The molecule has 23 heavy (non-hydrogen) atoms. The maximum atomic E-state index is 6.38. The summed E-state index contributed by atoms with van der Waals surface area (Å²) in [5, 5.41) is 0. The Morgan fingerprint density at radius 3 is 2.17 bits per heavy atom. The zero-order chi connectivity index (χ0) is 16.5. The molecule has 130 valence electrons. The molecule has 3 fully saturated rings. The summed E-state index contributed by atoms with van der Waals surface area (Å²) in [5.41, 5.74) is 1.17. The van der Waals surface area contributed by atoms with Crippen LogP contribution in [-0.4, -0.2) is 55.0 Å². The van der Waals surface area contributed by atoms with Crippen LogP contribution in [0.5, 0.6) is 0 Å². The molecule has 6 heteroatoms. The van der Waals surface area contributed by atoms with Crippen molar-refractivity contribution in [1.82, 2.24) is 0 Å². The minimum atomic E-state index is -0.740. The molecule has 0 amide bonds. The highest BCUT2D eigenvalue weighted by Gasteiger charge is 2.59. The molecule has 0 aromatic heterocycles. The van der Waals surface area contributed by atoms with E-state index in [1.165, 1.54) is 5.57 Å². The first kappa shape index (κ1) is 16.0. The number of hydrogen-bond acceptors (Lipinski definition) is 6. The Labute approximate surface area is 137 Å². The van der Waals surface area contributed by atoms with Crippen molar-refractivity contribution in [3.63, 3.8) is 0 Å². The van der Waals surface area contributed by atoms with Gasteiger partial charge in [-0.1, -0.05) is 0 Å². The average Bonchev–Trinajstić information content (AvgIpc) is 3.04. The summed E-state index contributed by atoms with van der Waals surface area (Å²) < 4.78 is 36.3. The minimum absolute atomic E-state index is 0.0850. The van der Waals surface area contributed by atoms with Gasteiger partial charge in [0.1, 0.15) is 18.3 Å². The van der Waals surface area contributed by atoms with E-state index in [2.05, 4.69) is 6.08 Å². The Morgan fingerprint density at radius 1 is 0.870 bits per heavy atom. The van der Waals surface area contributed by atoms with Gasteiger partial charge in [-0.25, -0.2) is 0 Å². The fourth-order valence-electron chi connectivity index (χ4n) is 3.97. The monoisotopic (exact) mass is 326 g/mol. The zero-order valence-corrected chi connectivity index (χ0v) is 14.5. The van der Waals surface area contributed by atoms with Gasteiger partial charge in [-0.05, 0) is 46.3 Å². The molecule has 6 nitrogen and oxygen atoms in total. The van der Waals surface area contributed by atoms with E-state index in [1.54, 1.807) is 0 Å². The van der Waals surface area contributed by atoms with Crippen molar-refractivity contribution < 1.29 is 28.4 Å². The Kier molecular flexibility index (Phi) is 3.48. The number of rotatable bonds is 1. The number of hydrogen-bond donors (Lipinski definition) is 0. The maximum Gasteiger partial charge on any atom is 0.191 e. The summed E-state index contributed by atoms with van der Waals surface area (Å²) in [6.07, 6.45) is 1.93. The summed E-state index contributed by atoms with van der Waals surface area (Å²) in [6.45, 7) is 10.8. The molecule has 3 saturated heterocycles. The van der Waals surface area contributed by atoms with Gasteiger partial charge in [0.15, 0.2) is 17.4 Å². The Hall–Kier alpha value is -0.500. The van der Waals surface area contributed by atoms with E-state index in [1.807, 2.05) is 34.6 Å². The van der Waals surface area contributed by atoms with Crippen LogP contribution in [0.2, 0.25) is 0 Å². The fourth-order valence-corrected chi connectivity index (χ4v) is 3.97. The van der Waals surface area contributed by atoms with Crippen molar-refractivity contribution in [3.05, 3.63) is 11.6 Å². The van der Waals surface area contributed by atoms with E-state index >= 15 is 0 Å². The lowest BCUT2D eigenvalue weighted by Crippen LogP contribution is -2.57. The molecule has 4 aliphatic rings. The average molecular weight is 326 g/mol. The SMILES string of the molecule is CC1=C[C@@]2(C[C@H]3OC(C)(C)O[C@H]3[C@@H]([C@H]3COC(C)(C)O3)O2)OC1. The summed E-state index contributed by atoms with van der Waals surface area (Å²) in [5.74, 6) is -1.98. The molecule has 0 unspecified atom stereocenters. The minimum Gasteiger partial charge on any atom is -0.348 e.